The van der Waals surface area contributed by atoms with E-state index in [9.17, 15) is 24.3 Å². The van der Waals surface area contributed by atoms with Crippen molar-refractivity contribution in [3.63, 3.8) is 0 Å². The van der Waals surface area contributed by atoms with Crippen molar-refractivity contribution in [1.82, 2.24) is 9.35 Å². The van der Waals surface area contributed by atoms with Crippen LogP contribution in [0.1, 0.15) is 153 Å². The number of fused-ring (bicyclic) bond motifs is 12. The largest absolute Gasteiger partial charge is 0.477 e. The summed E-state index contributed by atoms with van der Waals surface area (Å²) in [6.07, 6.45) is 13.9. The lowest BCUT2D eigenvalue weighted by atomic mass is 9.90. The lowest BCUT2D eigenvalue weighted by Gasteiger charge is -2.45. The maximum absolute atomic E-state index is 12.8. The van der Waals surface area contributed by atoms with Gasteiger partial charge in [-0.05, 0) is 133 Å². The molecule has 2 aromatic heterocycles. The van der Waals surface area contributed by atoms with Gasteiger partial charge in [0.2, 0.25) is 0 Å². The lowest BCUT2D eigenvalue weighted by Crippen LogP contribution is -2.50. The van der Waals surface area contributed by atoms with Crippen molar-refractivity contribution in [2.45, 2.75) is 136 Å². The SMILES string of the molecule is CCOC(=O)c1cn2c(cc1=O)-c1cc(COC)c(C)cc1[C@H]1CCC(C)(C)N12.COCC1CCCC1.COCc1cc2c(cc1N1CC[C@@H](COC)C1)[C@H]1CCC(C)(C)N1n1cc(C(=O)O)c(=O)cc1-2. The number of anilines is 1. The minimum Gasteiger partial charge on any atom is -0.477 e. The number of methoxy groups -OCH3 is 4. The van der Waals surface area contributed by atoms with Gasteiger partial charge in [-0.25, -0.2) is 9.59 Å². The predicted molar refractivity (Wildman–Crippen MR) is 276 cm³/mol. The average molecular weight is 978 g/mol. The second-order valence-electron chi connectivity index (χ2n) is 21.5. The van der Waals surface area contributed by atoms with Crippen molar-refractivity contribution in [3.05, 3.63) is 108 Å². The zero-order valence-corrected chi connectivity index (χ0v) is 43.6. The fraction of sp³-hybridized carbons (Fsp3) is 0.571. The summed E-state index contributed by atoms with van der Waals surface area (Å²) < 4.78 is 30.4. The second-order valence-corrected chi connectivity index (χ2v) is 21.5. The Morgan fingerprint density at radius 1 is 0.662 bits per heavy atom. The van der Waals surface area contributed by atoms with Crippen LogP contribution in [0.4, 0.5) is 5.69 Å². The first kappa shape index (κ1) is 51.9. The van der Waals surface area contributed by atoms with E-state index in [1.165, 1.54) is 60.3 Å². The minimum atomic E-state index is -1.20. The van der Waals surface area contributed by atoms with Gasteiger partial charge in [0.05, 0.1) is 61.0 Å². The summed E-state index contributed by atoms with van der Waals surface area (Å²) in [7, 11) is 6.92. The molecule has 4 aromatic rings. The molecule has 2 aromatic carbocycles. The van der Waals surface area contributed by atoms with Gasteiger partial charge >= 0.3 is 11.9 Å². The van der Waals surface area contributed by atoms with Crippen LogP contribution in [0.15, 0.2) is 58.4 Å². The van der Waals surface area contributed by atoms with E-state index in [0.717, 1.165) is 98.0 Å². The number of nitrogens with zero attached hydrogens (tertiary/aromatic N) is 5. The van der Waals surface area contributed by atoms with E-state index in [1.807, 2.05) is 9.35 Å². The van der Waals surface area contributed by atoms with Gasteiger partial charge in [0.25, 0.3) is 0 Å². The number of esters is 1. The number of hydrogen-bond acceptors (Lipinski definition) is 12. The molecule has 10 rings (SSSR count). The van der Waals surface area contributed by atoms with Crippen LogP contribution in [-0.2, 0) is 36.9 Å². The first-order chi connectivity index (χ1) is 34.0. The molecule has 5 aliphatic heterocycles. The number of aromatic nitrogens is 2. The summed E-state index contributed by atoms with van der Waals surface area (Å²) in [5, 5.41) is 14.2. The highest BCUT2D eigenvalue weighted by Gasteiger charge is 2.47. The molecule has 3 saturated heterocycles. The first-order valence-electron chi connectivity index (χ1n) is 25.5. The molecule has 71 heavy (non-hydrogen) atoms. The van der Waals surface area contributed by atoms with Crippen LogP contribution < -0.4 is 25.8 Å². The lowest BCUT2D eigenvalue weighted by molar-refractivity contribution is 0.0523. The van der Waals surface area contributed by atoms with Crippen molar-refractivity contribution < 1.29 is 38.4 Å². The average Bonchev–Trinajstić information content (AvgIpc) is 4.15. The third-order valence-corrected chi connectivity index (χ3v) is 15.7. The summed E-state index contributed by atoms with van der Waals surface area (Å²) in [6, 6.07) is 12.1. The molecule has 15 nitrogen and oxygen atoms in total. The number of rotatable bonds is 12. The quantitative estimate of drug-likeness (QED) is 0.135. The number of ether oxygens (including phenoxy) is 5. The Bertz CT molecular complexity index is 2740. The fourth-order valence-corrected chi connectivity index (χ4v) is 12.2. The van der Waals surface area contributed by atoms with Crippen LogP contribution in [0.25, 0.3) is 22.5 Å². The molecule has 4 fully saturated rings. The molecule has 0 bridgehead atoms. The Morgan fingerprint density at radius 2 is 1.18 bits per heavy atom. The minimum absolute atomic E-state index is 0.0738. The van der Waals surface area contributed by atoms with Crippen LogP contribution in [0.3, 0.4) is 0 Å². The van der Waals surface area contributed by atoms with Crippen LogP contribution in [-0.4, -0.2) is 98.8 Å². The molecule has 1 N–H and O–H groups in total. The Hall–Kier alpha value is -5.48. The predicted octanol–water partition coefficient (Wildman–Crippen LogP) is 8.93. The van der Waals surface area contributed by atoms with E-state index >= 15 is 0 Å². The van der Waals surface area contributed by atoms with E-state index in [0.29, 0.717) is 19.1 Å². The van der Waals surface area contributed by atoms with Crippen molar-refractivity contribution in [3.8, 4) is 22.5 Å². The summed E-state index contributed by atoms with van der Waals surface area (Å²) in [5.41, 5.74) is 9.34. The summed E-state index contributed by atoms with van der Waals surface area (Å²) in [4.78, 5) is 52.1. The van der Waals surface area contributed by atoms with Crippen LogP contribution in [0.2, 0.25) is 0 Å². The van der Waals surface area contributed by atoms with Gasteiger partial charge in [0.15, 0.2) is 10.9 Å². The summed E-state index contributed by atoms with van der Waals surface area (Å²) in [5.74, 6) is -0.377. The van der Waals surface area contributed by atoms with Gasteiger partial charge in [0, 0.05) is 101 Å². The molecule has 384 valence electrons. The molecule has 6 aliphatic rings. The number of benzene rings is 2. The van der Waals surface area contributed by atoms with Crippen molar-refractivity contribution >= 4 is 17.6 Å². The third-order valence-electron chi connectivity index (χ3n) is 15.7. The van der Waals surface area contributed by atoms with Gasteiger partial charge < -0.3 is 33.7 Å². The van der Waals surface area contributed by atoms with Gasteiger partial charge in [-0.1, -0.05) is 18.9 Å². The highest BCUT2D eigenvalue weighted by molar-refractivity contribution is 5.90. The van der Waals surface area contributed by atoms with Gasteiger partial charge in [0.1, 0.15) is 11.1 Å². The molecular formula is C56H75N5O10. The molecule has 0 radical (unpaired) electrons. The number of aryl methyl sites for hydroxylation is 1. The van der Waals surface area contributed by atoms with Crippen molar-refractivity contribution in [2.24, 2.45) is 11.8 Å². The molecule has 15 heteroatoms. The standard InChI is InChI=1S/C26H33N3O5.C23H28N2O4.C7H14O/c1-26(2)7-5-21-19-10-22(27-8-6-16(12-27)14-33-3)17(15-34-4)9-18(19)23-11-24(30)20(25(31)32)13-28(23)29(21)26;1-6-29-22(27)18-12-24-20(11-21(18)26)17-10-15(13-28-5)14(2)9-16(17)19-7-8-23(3,4)25(19)24;1-8-6-7-4-2-3-5-7/h9-11,13,16,21H,5-8,12,14-15H2,1-4H3,(H,31,32);9-12,19H,6-8,13H2,1-5H3;7H,2-6H2,1H3/t16-,21-;19-;/m11./s1. The topological polar surface area (TPSA) is 154 Å². The smallest absolute Gasteiger partial charge is 0.343 e. The Morgan fingerprint density at radius 3 is 1.73 bits per heavy atom. The monoisotopic (exact) mass is 978 g/mol. The maximum Gasteiger partial charge on any atom is 0.343 e. The fourth-order valence-electron chi connectivity index (χ4n) is 12.2. The van der Waals surface area contributed by atoms with Crippen LogP contribution in [0, 0.1) is 18.8 Å². The van der Waals surface area contributed by atoms with E-state index < -0.39 is 17.4 Å². The Labute approximate surface area is 418 Å². The van der Waals surface area contributed by atoms with Crippen LogP contribution >= 0.6 is 0 Å². The molecule has 1 aliphatic carbocycles. The van der Waals surface area contributed by atoms with Gasteiger partial charge in [-0.15, -0.1) is 0 Å². The number of carbonyl (C=O) groups excluding carboxylic acids is 1. The number of carboxylic acid groups (broad SMARTS) is 1. The summed E-state index contributed by atoms with van der Waals surface area (Å²) >= 11 is 0. The maximum atomic E-state index is 12.8. The first-order valence-corrected chi connectivity index (χ1v) is 25.5. The number of pyridine rings is 2. The number of hydrogen-bond donors (Lipinski definition) is 1. The molecule has 0 spiro atoms. The normalized spacial score (nSPS) is 20.9. The highest BCUT2D eigenvalue weighted by atomic mass is 16.5. The van der Waals surface area contributed by atoms with Gasteiger partial charge in [-0.2, -0.15) is 0 Å². The zero-order chi connectivity index (χ0) is 50.9. The molecule has 3 atom stereocenters. The van der Waals surface area contributed by atoms with E-state index in [1.54, 1.807) is 47.6 Å². The highest BCUT2D eigenvalue weighted by Crippen LogP contribution is 2.51. The Kier molecular flexibility index (Phi) is 15.6. The van der Waals surface area contributed by atoms with E-state index in [-0.39, 0.29) is 46.3 Å². The molecule has 0 unspecified atom stereocenters. The van der Waals surface area contributed by atoms with Gasteiger partial charge in [-0.3, -0.25) is 29.0 Å². The molecule has 1 saturated carbocycles. The van der Waals surface area contributed by atoms with Crippen molar-refractivity contribution in [1.29, 1.82) is 0 Å². The number of carboxylic acids is 1. The molecule has 0 amide bonds. The number of carbonyl (C=O) groups is 2. The zero-order valence-electron chi connectivity index (χ0n) is 43.6. The Balaban J connectivity index is 0.000000166. The third kappa shape index (κ3) is 10.2. The number of aromatic carboxylic acids is 1. The van der Waals surface area contributed by atoms with E-state index in [2.05, 4.69) is 73.8 Å². The van der Waals surface area contributed by atoms with Crippen LogP contribution in [0.5, 0.6) is 0 Å². The molecule has 7 heterocycles. The molecular weight excluding hydrogens is 903 g/mol. The van der Waals surface area contributed by atoms with E-state index in [4.69, 9.17) is 23.7 Å². The summed E-state index contributed by atoms with van der Waals surface area (Å²) in [6.45, 7) is 17.5. The second kappa shape index (κ2) is 21.3. The van der Waals surface area contributed by atoms with Crippen molar-refractivity contribution in [2.75, 3.05) is 76.3 Å².